The summed E-state index contributed by atoms with van der Waals surface area (Å²) in [6.07, 6.45) is 2.62. The molecule has 0 aromatic heterocycles. The van der Waals surface area contributed by atoms with Gasteiger partial charge < -0.3 is 11.5 Å². The number of carbonyl (C=O) groups excluding carboxylic acids is 1. The Balaban J connectivity index is 2.24. The topological polar surface area (TPSA) is 69.1 Å². The molecule has 0 aliphatic carbocycles. The molecule has 1 amide bonds. The zero-order valence-corrected chi connectivity index (χ0v) is 11.9. The molecule has 0 saturated carbocycles. The number of thioether (sulfide) groups is 1. The molecule has 0 fully saturated rings. The van der Waals surface area contributed by atoms with Crippen molar-refractivity contribution in [2.45, 2.75) is 43.5 Å². The second kappa shape index (κ2) is 6.81. The summed E-state index contributed by atoms with van der Waals surface area (Å²) in [7, 11) is 0. The first-order valence-electron chi connectivity index (χ1n) is 6.21. The molecular weight excluding hydrogens is 244 g/mol. The lowest BCUT2D eigenvalue weighted by Crippen LogP contribution is -2.49. The summed E-state index contributed by atoms with van der Waals surface area (Å²) in [4.78, 5) is 12.4. The molecule has 0 heterocycles. The fraction of sp³-hybridized carbons (Fsp3) is 0.500. The van der Waals surface area contributed by atoms with Crippen LogP contribution < -0.4 is 11.5 Å². The van der Waals surface area contributed by atoms with E-state index in [0.29, 0.717) is 6.42 Å². The smallest absolute Gasteiger partial charge is 0.237 e. The molecule has 1 aromatic rings. The first-order chi connectivity index (χ1) is 8.43. The molecule has 0 radical (unpaired) electrons. The summed E-state index contributed by atoms with van der Waals surface area (Å²) in [6, 6.07) is 8.36. The van der Waals surface area contributed by atoms with Gasteiger partial charge in [-0.15, -0.1) is 11.8 Å². The van der Waals surface area contributed by atoms with Crippen LogP contribution in [-0.2, 0) is 4.79 Å². The maximum Gasteiger partial charge on any atom is 0.237 e. The largest absolute Gasteiger partial charge is 0.368 e. The van der Waals surface area contributed by atoms with Gasteiger partial charge in [0.2, 0.25) is 5.91 Å². The van der Waals surface area contributed by atoms with Crippen molar-refractivity contribution in [3.8, 4) is 0 Å². The van der Waals surface area contributed by atoms with Crippen LogP contribution in [0.25, 0.3) is 0 Å². The van der Waals surface area contributed by atoms with E-state index in [1.807, 2.05) is 17.8 Å². The van der Waals surface area contributed by atoms with Crippen molar-refractivity contribution >= 4 is 17.7 Å². The Morgan fingerprint density at radius 1 is 1.33 bits per heavy atom. The summed E-state index contributed by atoms with van der Waals surface area (Å²) < 4.78 is 0. The van der Waals surface area contributed by atoms with Crippen LogP contribution in [0.3, 0.4) is 0 Å². The van der Waals surface area contributed by atoms with Crippen LogP contribution in [0.1, 0.15) is 31.7 Å². The zero-order chi connectivity index (χ0) is 13.6. The van der Waals surface area contributed by atoms with E-state index in [1.54, 1.807) is 6.92 Å². The first kappa shape index (κ1) is 15.1. The van der Waals surface area contributed by atoms with Gasteiger partial charge in [0.05, 0.1) is 5.54 Å². The maximum absolute atomic E-state index is 11.0. The Bertz CT molecular complexity index is 405. The molecule has 18 heavy (non-hydrogen) atoms. The minimum absolute atomic E-state index is 0.422. The number of carbonyl (C=O) groups is 1. The molecule has 0 aliphatic rings. The fourth-order valence-electron chi connectivity index (χ4n) is 1.62. The molecule has 100 valence electrons. The average molecular weight is 266 g/mol. The van der Waals surface area contributed by atoms with E-state index in [1.165, 1.54) is 10.5 Å². The van der Waals surface area contributed by atoms with Crippen molar-refractivity contribution in [2.75, 3.05) is 5.75 Å². The Hall–Kier alpha value is -1.00. The summed E-state index contributed by atoms with van der Waals surface area (Å²) in [5.74, 6) is 0.619. The third-order valence-corrected chi connectivity index (χ3v) is 4.27. The highest BCUT2D eigenvalue weighted by Gasteiger charge is 2.24. The van der Waals surface area contributed by atoms with Crippen LogP contribution in [0.2, 0.25) is 0 Å². The second-order valence-corrected chi connectivity index (χ2v) is 5.99. The summed E-state index contributed by atoms with van der Waals surface area (Å²) in [5, 5.41) is 0. The standard InChI is InChI=1S/C14H22N2OS/c1-11-7-3-4-8-12(11)18-10-6-5-9-14(2,16)13(15)17/h3-4,7-8H,5-6,9-10,16H2,1-2H3,(H2,15,17). The van der Waals surface area contributed by atoms with Crippen molar-refractivity contribution < 1.29 is 4.79 Å². The monoisotopic (exact) mass is 266 g/mol. The van der Waals surface area contributed by atoms with E-state index in [2.05, 4.69) is 25.1 Å². The number of hydrogen-bond donors (Lipinski definition) is 2. The van der Waals surface area contributed by atoms with Crippen molar-refractivity contribution in [1.82, 2.24) is 0 Å². The normalized spacial score (nSPS) is 14.2. The van der Waals surface area contributed by atoms with Crippen molar-refractivity contribution in [1.29, 1.82) is 0 Å². The van der Waals surface area contributed by atoms with E-state index >= 15 is 0 Å². The number of amides is 1. The predicted molar refractivity (Wildman–Crippen MR) is 77.5 cm³/mol. The van der Waals surface area contributed by atoms with E-state index in [0.717, 1.165) is 18.6 Å². The van der Waals surface area contributed by atoms with Crippen LogP contribution in [0, 0.1) is 6.92 Å². The van der Waals surface area contributed by atoms with Crippen LogP contribution in [0.4, 0.5) is 0 Å². The highest BCUT2D eigenvalue weighted by molar-refractivity contribution is 7.99. The lowest BCUT2D eigenvalue weighted by Gasteiger charge is -2.19. The molecule has 1 rings (SSSR count). The number of primary amides is 1. The van der Waals surface area contributed by atoms with Gasteiger partial charge in [0.1, 0.15) is 0 Å². The number of rotatable bonds is 7. The van der Waals surface area contributed by atoms with Crippen LogP contribution in [0.15, 0.2) is 29.2 Å². The number of hydrogen-bond acceptors (Lipinski definition) is 3. The maximum atomic E-state index is 11.0. The summed E-state index contributed by atoms with van der Waals surface area (Å²) in [6.45, 7) is 3.82. The molecular formula is C14H22N2OS. The van der Waals surface area contributed by atoms with Crippen LogP contribution in [0.5, 0.6) is 0 Å². The third-order valence-electron chi connectivity index (χ3n) is 3.00. The molecule has 0 spiro atoms. The second-order valence-electron chi connectivity index (χ2n) is 4.85. The Kier molecular flexibility index (Phi) is 5.69. The third kappa shape index (κ3) is 4.70. The number of benzene rings is 1. The number of aryl methyl sites for hydroxylation is 1. The quantitative estimate of drug-likeness (QED) is 0.588. The zero-order valence-electron chi connectivity index (χ0n) is 11.1. The van der Waals surface area contributed by atoms with Gasteiger partial charge in [-0.2, -0.15) is 0 Å². The molecule has 3 nitrogen and oxygen atoms in total. The van der Waals surface area contributed by atoms with Crippen molar-refractivity contribution in [3.63, 3.8) is 0 Å². The molecule has 4 N–H and O–H groups in total. The Morgan fingerprint density at radius 3 is 2.61 bits per heavy atom. The van der Waals surface area contributed by atoms with Gasteiger partial charge in [-0.05, 0) is 44.1 Å². The van der Waals surface area contributed by atoms with Crippen molar-refractivity contribution in [2.24, 2.45) is 11.5 Å². The van der Waals surface area contributed by atoms with Gasteiger partial charge in [0.25, 0.3) is 0 Å². The van der Waals surface area contributed by atoms with E-state index < -0.39 is 11.4 Å². The minimum Gasteiger partial charge on any atom is -0.368 e. The molecule has 4 heteroatoms. The number of unbranched alkanes of at least 4 members (excludes halogenated alkanes) is 1. The van der Waals surface area contributed by atoms with E-state index in [4.69, 9.17) is 11.5 Å². The molecule has 0 aliphatic heterocycles. The average Bonchev–Trinajstić information content (AvgIpc) is 2.30. The van der Waals surface area contributed by atoms with Crippen LogP contribution >= 0.6 is 11.8 Å². The summed E-state index contributed by atoms with van der Waals surface area (Å²) in [5.41, 5.74) is 11.5. The van der Waals surface area contributed by atoms with Gasteiger partial charge in [-0.25, -0.2) is 0 Å². The van der Waals surface area contributed by atoms with Gasteiger partial charge in [-0.3, -0.25) is 4.79 Å². The van der Waals surface area contributed by atoms with Gasteiger partial charge in [0, 0.05) is 4.90 Å². The predicted octanol–water partition coefficient (Wildman–Crippen LogP) is 2.46. The minimum atomic E-state index is -0.868. The van der Waals surface area contributed by atoms with Gasteiger partial charge >= 0.3 is 0 Å². The first-order valence-corrected chi connectivity index (χ1v) is 7.19. The van der Waals surface area contributed by atoms with E-state index in [9.17, 15) is 4.79 Å². The molecule has 1 atom stereocenters. The fourth-order valence-corrected chi connectivity index (χ4v) is 2.66. The van der Waals surface area contributed by atoms with Gasteiger partial charge in [0.15, 0.2) is 0 Å². The van der Waals surface area contributed by atoms with Gasteiger partial charge in [-0.1, -0.05) is 24.6 Å². The number of nitrogens with two attached hydrogens (primary N) is 2. The summed E-state index contributed by atoms with van der Waals surface area (Å²) >= 11 is 1.85. The lowest BCUT2D eigenvalue weighted by molar-refractivity contribution is -0.122. The molecule has 1 aromatic carbocycles. The molecule has 1 unspecified atom stereocenters. The SMILES string of the molecule is Cc1ccccc1SCCCCC(C)(N)C(N)=O. The molecule has 0 bridgehead atoms. The van der Waals surface area contributed by atoms with E-state index in [-0.39, 0.29) is 0 Å². The highest BCUT2D eigenvalue weighted by Crippen LogP contribution is 2.23. The lowest BCUT2D eigenvalue weighted by atomic mass is 9.96. The van der Waals surface area contributed by atoms with Crippen LogP contribution in [-0.4, -0.2) is 17.2 Å². The molecule has 0 saturated heterocycles. The van der Waals surface area contributed by atoms with Crippen molar-refractivity contribution in [3.05, 3.63) is 29.8 Å². The highest BCUT2D eigenvalue weighted by atomic mass is 32.2. The Morgan fingerprint density at radius 2 is 2.00 bits per heavy atom. The Labute approximate surface area is 113 Å².